The third-order valence-electron chi connectivity index (χ3n) is 4.21. The number of hydrogen-bond acceptors (Lipinski definition) is 5. The minimum atomic E-state index is -3.69. The van der Waals surface area contributed by atoms with E-state index in [1.54, 1.807) is 18.2 Å². The molecular formula is C16H25NO5S. The molecule has 0 spiro atoms. The zero-order chi connectivity index (χ0) is 16.9. The Hall–Kier alpha value is -1.15. The Morgan fingerprint density at radius 3 is 2.61 bits per heavy atom. The number of sulfonamides is 1. The van der Waals surface area contributed by atoms with Crippen LogP contribution >= 0.6 is 0 Å². The van der Waals surface area contributed by atoms with Gasteiger partial charge in [0.15, 0.2) is 0 Å². The molecule has 1 aromatic rings. The van der Waals surface area contributed by atoms with Gasteiger partial charge >= 0.3 is 0 Å². The third kappa shape index (κ3) is 4.44. The Labute approximate surface area is 137 Å². The Balaban J connectivity index is 2.16. The summed E-state index contributed by atoms with van der Waals surface area (Å²) in [6.07, 6.45) is 3.59. The number of benzene rings is 1. The van der Waals surface area contributed by atoms with Gasteiger partial charge in [0.2, 0.25) is 10.0 Å². The Kier molecular flexibility index (Phi) is 6.02. The summed E-state index contributed by atoms with van der Waals surface area (Å²) in [5.41, 5.74) is 0.325. The summed E-state index contributed by atoms with van der Waals surface area (Å²) in [7, 11) is -2.24. The Morgan fingerprint density at radius 1 is 1.30 bits per heavy atom. The Morgan fingerprint density at radius 2 is 2.00 bits per heavy atom. The zero-order valence-electron chi connectivity index (χ0n) is 13.7. The summed E-state index contributed by atoms with van der Waals surface area (Å²) in [5, 5.41) is 8.97. The highest BCUT2D eigenvalue weighted by Crippen LogP contribution is 2.33. The molecule has 1 aliphatic rings. The van der Waals surface area contributed by atoms with Gasteiger partial charge in [0.1, 0.15) is 10.6 Å². The molecule has 1 aliphatic carbocycles. The first-order chi connectivity index (χ1) is 10.9. The second-order valence-electron chi connectivity index (χ2n) is 5.94. The van der Waals surface area contributed by atoms with E-state index in [9.17, 15) is 8.42 Å². The number of hydrogen-bond donors (Lipinski definition) is 2. The van der Waals surface area contributed by atoms with Crippen LogP contribution in [0.15, 0.2) is 23.1 Å². The molecule has 0 aliphatic heterocycles. The molecule has 1 saturated carbocycles. The molecule has 0 unspecified atom stereocenters. The largest absolute Gasteiger partial charge is 0.495 e. The fraction of sp³-hybridized carbons (Fsp3) is 0.625. The monoisotopic (exact) mass is 343 g/mol. The van der Waals surface area contributed by atoms with Crippen molar-refractivity contribution >= 4 is 10.0 Å². The predicted octanol–water partition coefficient (Wildman–Crippen LogP) is 1.60. The van der Waals surface area contributed by atoms with Crippen LogP contribution in [-0.4, -0.2) is 46.0 Å². The second-order valence-corrected chi connectivity index (χ2v) is 7.68. The van der Waals surface area contributed by atoms with Crippen molar-refractivity contribution in [2.45, 2.75) is 43.1 Å². The van der Waals surface area contributed by atoms with Crippen LogP contribution in [0.2, 0.25) is 0 Å². The van der Waals surface area contributed by atoms with E-state index in [0.29, 0.717) is 5.75 Å². The lowest BCUT2D eigenvalue weighted by molar-refractivity contribution is -0.0492. The van der Waals surface area contributed by atoms with Crippen molar-refractivity contribution in [3.63, 3.8) is 0 Å². The third-order valence-corrected chi connectivity index (χ3v) is 5.63. The van der Waals surface area contributed by atoms with Crippen LogP contribution in [0.5, 0.6) is 5.75 Å². The molecule has 1 fully saturated rings. The molecule has 2 N–H and O–H groups in total. The van der Waals surface area contributed by atoms with Gasteiger partial charge in [-0.3, -0.25) is 0 Å². The molecule has 0 heterocycles. The second kappa shape index (κ2) is 7.61. The molecule has 0 atom stereocenters. The minimum absolute atomic E-state index is 0.0692. The SMILES string of the molecule is COc1ccc(C)cc1S(=O)(=O)NCC1(OCCO)CCCC1. The van der Waals surface area contributed by atoms with Crippen molar-refractivity contribution in [1.29, 1.82) is 0 Å². The molecule has 2 rings (SSSR count). The summed E-state index contributed by atoms with van der Waals surface area (Å²) in [6, 6.07) is 5.05. The van der Waals surface area contributed by atoms with E-state index in [0.717, 1.165) is 31.2 Å². The molecule has 0 aromatic heterocycles. The zero-order valence-corrected chi connectivity index (χ0v) is 14.5. The summed E-state index contributed by atoms with van der Waals surface area (Å²) in [5.74, 6) is 0.319. The highest BCUT2D eigenvalue weighted by molar-refractivity contribution is 7.89. The van der Waals surface area contributed by atoms with Crippen molar-refractivity contribution in [3.05, 3.63) is 23.8 Å². The van der Waals surface area contributed by atoms with E-state index in [1.165, 1.54) is 7.11 Å². The van der Waals surface area contributed by atoms with E-state index in [4.69, 9.17) is 14.6 Å². The topological polar surface area (TPSA) is 84.9 Å². The van der Waals surface area contributed by atoms with E-state index in [1.807, 2.05) is 6.92 Å². The number of methoxy groups -OCH3 is 1. The number of rotatable bonds is 8. The van der Waals surface area contributed by atoms with E-state index in [-0.39, 0.29) is 24.7 Å². The van der Waals surface area contributed by atoms with Crippen LogP contribution < -0.4 is 9.46 Å². The van der Waals surface area contributed by atoms with Crippen LogP contribution in [-0.2, 0) is 14.8 Å². The molecule has 130 valence electrons. The van der Waals surface area contributed by atoms with Crippen LogP contribution in [0.1, 0.15) is 31.2 Å². The molecule has 23 heavy (non-hydrogen) atoms. The van der Waals surface area contributed by atoms with Gasteiger partial charge in [-0.2, -0.15) is 0 Å². The fourth-order valence-corrected chi connectivity index (χ4v) is 4.32. The van der Waals surface area contributed by atoms with Crippen molar-refractivity contribution < 1.29 is 23.0 Å². The van der Waals surface area contributed by atoms with E-state index < -0.39 is 15.6 Å². The average Bonchev–Trinajstić information content (AvgIpc) is 3.00. The Bertz CT molecular complexity index is 623. The number of aliphatic hydroxyl groups is 1. The van der Waals surface area contributed by atoms with Gasteiger partial charge in [-0.25, -0.2) is 13.1 Å². The van der Waals surface area contributed by atoms with Gasteiger partial charge < -0.3 is 14.6 Å². The normalized spacial score (nSPS) is 17.3. The minimum Gasteiger partial charge on any atom is -0.495 e. The van der Waals surface area contributed by atoms with Gasteiger partial charge in [0.05, 0.1) is 25.9 Å². The number of ether oxygens (including phenoxy) is 2. The molecule has 0 radical (unpaired) electrons. The summed E-state index contributed by atoms with van der Waals surface area (Å²) < 4.78 is 38.8. The van der Waals surface area contributed by atoms with Crippen LogP contribution in [0.4, 0.5) is 0 Å². The van der Waals surface area contributed by atoms with Crippen LogP contribution in [0.3, 0.4) is 0 Å². The molecular weight excluding hydrogens is 318 g/mol. The molecule has 0 bridgehead atoms. The molecule has 0 amide bonds. The molecule has 1 aromatic carbocycles. The van der Waals surface area contributed by atoms with E-state index in [2.05, 4.69) is 4.72 Å². The summed E-state index contributed by atoms with van der Waals surface area (Å²) in [4.78, 5) is 0.135. The van der Waals surface area contributed by atoms with Crippen LogP contribution in [0.25, 0.3) is 0 Å². The fourth-order valence-electron chi connectivity index (χ4n) is 2.95. The van der Waals surface area contributed by atoms with Crippen molar-refractivity contribution in [3.8, 4) is 5.75 Å². The average molecular weight is 343 g/mol. The van der Waals surface area contributed by atoms with Crippen molar-refractivity contribution in [2.24, 2.45) is 0 Å². The quantitative estimate of drug-likeness (QED) is 0.749. The van der Waals surface area contributed by atoms with Gasteiger partial charge in [0.25, 0.3) is 0 Å². The molecule has 7 heteroatoms. The van der Waals surface area contributed by atoms with Gasteiger partial charge in [0, 0.05) is 6.54 Å². The lowest BCUT2D eigenvalue weighted by Gasteiger charge is -2.29. The van der Waals surface area contributed by atoms with E-state index >= 15 is 0 Å². The number of aryl methyl sites for hydroxylation is 1. The van der Waals surface area contributed by atoms with Crippen LogP contribution in [0, 0.1) is 6.92 Å². The van der Waals surface area contributed by atoms with Crippen molar-refractivity contribution in [1.82, 2.24) is 4.72 Å². The highest BCUT2D eigenvalue weighted by atomic mass is 32.2. The smallest absolute Gasteiger partial charge is 0.244 e. The molecule has 6 nitrogen and oxygen atoms in total. The summed E-state index contributed by atoms with van der Waals surface area (Å²) in [6.45, 7) is 2.18. The first-order valence-corrected chi connectivity index (χ1v) is 9.30. The van der Waals surface area contributed by atoms with Gasteiger partial charge in [-0.1, -0.05) is 18.9 Å². The maximum atomic E-state index is 12.6. The van der Waals surface area contributed by atoms with Gasteiger partial charge in [-0.15, -0.1) is 0 Å². The first-order valence-electron chi connectivity index (χ1n) is 7.82. The number of nitrogens with one attached hydrogen (secondary N) is 1. The molecule has 0 saturated heterocycles. The number of aliphatic hydroxyl groups excluding tert-OH is 1. The highest BCUT2D eigenvalue weighted by Gasteiger charge is 2.36. The maximum absolute atomic E-state index is 12.6. The van der Waals surface area contributed by atoms with Gasteiger partial charge in [-0.05, 0) is 37.5 Å². The first kappa shape index (κ1) is 18.2. The maximum Gasteiger partial charge on any atom is 0.244 e. The van der Waals surface area contributed by atoms with Crippen molar-refractivity contribution in [2.75, 3.05) is 26.9 Å². The lowest BCUT2D eigenvalue weighted by Crippen LogP contribution is -2.43. The standard InChI is InChI=1S/C16H25NO5S/c1-13-5-6-14(21-2)15(11-13)23(19,20)17-12-16(22-10-9-18)7-3-4-8-16/h5-6,11,17-18H,3-4,7-10,12H2,1-2H3. The predicted molar refractivity (Wildman–Crippen MR) is 87.2 cm³/mol. The lowest BCUT2D eigenvalue weighted by atomic mass is 10.0. The summed E-state index contributed by atoms with van der Waals surface area (Å²) >= 11 is 0.